The van der Waals surface area contributed by atoms with Crippen LogP contribution in [0, 0.1) is 5.92 Å². The van der Waals surface area contributed by atoms with Crippen LogP contribution in [0.4, 0.5) is 0 Å². The van der Waals surface area contributed by atoms with Gasteiger partial charge in [-0.25, -0.2) is 0 Å². The summed E-state index contributed by atoms with van der Waals surface area (Å²) >= 11 is 0. The molecule has 0 saturated heterocycles. The summed E-state index contributed by atoms with van der Waals surface area (Å²) < 4.78 is 0. The standard InChI is InChI=1S/C7H13NO/c8-7-3-1-2-6(4-7)5-9/h1,3,6-7,9H,2,4-5,8H2. The van der Waals surface area contributed by atoms with Gasteiger partial charge in [0.05, 0.1) is 0 Å². The first-order valence-electron chi connectivity index (χ1n) is 3.36. The average molecular weight is 127 g/mol. The van der Waals surface area contributed by atoms with Crippen LogP contribution in [0.2, 0.25) is 0 Å². The third kappa shape index (κ3) is 1.80. The maximum atomic E-state index is 8.72. The molecular weight excluding hydrogens is 114 g/mol. The van der Waals surface area contributed by atoms with Gasteiger partial charge in [0.25, 0.3) is 0 Å². The van der Waals surface area contributed by atoms with E-state index < -0.39 is 0 Å². The zero-order valence-electron chi connectivity index (χ0n) is 5.46. The van der Waals surface area contributed by atoms with Gasteiger partial charge >= 0.3 is 0 Å². The van der Waals surface area contributed by atoms with Gasteiger partial charge in [-0.3, -0.25) is 0 Å². The minimum Gasteiger partial charge on any atom is -0.396 e. The molecule has 52 valence electrons. The van der Waals surface area contributed by atoms with Crippen molar-refractivity contribution in [3.63, 3.8) is 0 Å². The summed E-state index contributed by atoms with van der Waals surface area (Å²) in [7, 11) is 0. The van der Waals surface area contributed by atoms with Crippen LogP contribution in [-0.4, -0.2) is 17.8 Å². The van der Waals surface area contributed by atoms with Gasteiger partial charge in [0, 0.05) is 12.6 Å². The molecule has 0 heterocycles. The Morgan fingerprint density at radius 3 is 2.89 bits per heavy atom. The van der Waals surface area contributed by atoms with E-state index in [0.717, 1.165) is 12.8 Å². The second-order valence-electron chi connectivity index (χ2n) is 2.61. The Bertz CT molecular complexity index is 111. The fraction of sp³-hybridized carbons (Fsp3) is 0.714. The summed E-state index contributed by atoms with van der Waals surface area (Å²) in [6.07, 6.45) is 5.98. The number of aliphatic hydroxyl groups excluding tert-OH is 1. The summed E-state index contributed by atoms with van der Waals surface area (Å²) in [6, 6.07) is 0.177. The monoisotopic (exact) mass is 127 g/mol. The van der Waals surface area contributed by atoms with Gasteiger partial charge in [-0.1, -0.05) is 12.2 Å². The molecule has 0 aliphatic heterocycles. The molecular formula is C7H13NO. The fourth-order valence-electron chi connectivity index (χ4n) is 1.15. The van der Waals surface area contributed by atoms with Gasteiger partial charge < -0.3 is 10.8 Å². The van der Waals surface area contributed by atoms with E-state index in [9.17, 15) is 0 Å². The molecule has 0 aromatic heterocycles. The van der Waals surface area contributed by atoms with Crippen molar-refractivity contribution in [3.05, 3.63) is 12.2 Å². The number of nitrogens with two attached hydrogens (primary N) is 1. The van der Waals surface area contributed by atoms with Crippen molar-refractivity contribution in [2.75, 3.05) is 6.61 Å². The Hall–Kier alpha value is -0.340. The Morgan fingerprint density at radius 2 is 2.44 bits per heavy atom. The second kappa shape index (κ2) is 2.99. The second-order valence-corrected chi connectivity index (χ2v) is 2.61. The van der Waals surface area contributed by atoms with E-state index in [2.05, 4.69) is 6.08 Å². The molecule has 3 N–H and O–H groups in total. The van der Waals surface area contributed by atoms with Crippen LogP contribution in [-0.2, 0) is 0 Å². The van der Waals surface area contributed by atoms with Gasteiger partial charge in [-0.2, -0.15) is 0 Å². The van der Waals surface area contributed by atoms with E-state index in [1.54, 1.807) is 0 Å². The molecule has 0 bridgehead atoms. The molecule has 9 heavy (non-hydrogen) atoms. The minimum absolute atomic E-state index is 0.177. The maximum Gasteiger partial charge on any atom is 0.0462 e. The molecule has 0 fully saturated rings. The van der Waals surface area contributed by atoms with E-state index in [0.29, 0.717) is 5.92 Å². The molecule has 1 aliphatic carbocycles. The first-order valence-corrected chi connectivity index (χ1v) is 3.36. The van der Waals surface area contributed by atoms with E-state index in [1.165, 1.54) is 0 Å². The van der Waals surface area contributed by atoms with Gasteiger partial charge in [-0.05, 0) is 18.8 Å². The topological polar surface area (TPSA) is 46.2 Å². The van der Waals surface area contributed by atoms with Gasteiger partial charge in [0.15, 0.2) is 0 Å². The third-order valence-electron chi connectivity index (χ3n) is 1.72. The average Bonchev–Trinajstić information content (AvgIpc) is 1.88. The van der Waals surface area contributed by atoms with Crippen LogP contribution in [0.1, 0.15) is 12.8 Å². The maximum absolute atomic E-state index is 8.72. The normalized spacial score (nSPS) is 34.9. The van der Waals surface area contributed by atoms with Gasteiger partial charge in [-0.15, -0.1) is 0 Å². The zero-order valence-corrected chi connectivity index (χ0v) is 5.46. The molecule has 2 heteroatoms. The number of hydrogen-bond donors (Lipinski definition) is 2. The summed E-state index contributed by atoms with van der Waals surface area (Å²) in [6.45, 7) is 0.276. The SMILES string of the molecule is NC1C=CCC(CO)C1. The molecule has 0 spiro atoms. The van der Waals surface area contributed by atoms with Crippen molar-refractivity contribution >= 4 is 0 Å². The Kier molecular flexibility index (Phi) is 2.25. The number of aliphatic hydroxyl groups is 1. The van der Waals surface area contributed by atoms with Gasteiger partial charge in [0.2, 0.25) is 0 Å². The number of hydrogen-bond acceptors (Lipinski definition) is 2. The largest absolute Gasteiger partial charge is 0.396 e. The predicted molar refractivity (Wildman–Crippen MR) is 36.9 cm³/mol. The molecule has 2 nitrogen and oxygen atoms in total. The van der Waals surface area contributed by atoms with Crippen LogP contribution in [0.5, 0.6) is 0 Å². The Balaban J connectivity index is 2.38. The van der Waals surface area contributed by atoms with Crippen molar-refractivity contribution in [1.29, 1.82) is 0 Å². The molecule has 0 radical (unpaired) electrons. The van der Waals surface area contributed by atoms with Crippen LogP contribution in [0.15, 0.2) is 12.2 Å². The number of allylic oxidation sites excluding steroid dienone is 1. The Morgan fingerprint density at radius 1 is 1.67 bits per heavy atom. The third-order valence-corrected chi connectivity index (χ3v) is 1.72. The van der Waals surface area contributed by atoms with Crippen molar-refractivity contribution in [2.45, 2.75) is 18.9 Å². The lowest BCUT2D eigenvalue weighted by Crippen LogP contribution is -2.25. The van der Waals surface area contributed by atoms with E-state index in [1.807, 2.05) is 6.08 Å². The first-order chi connectivity index (χ1) is 4.33. The van der Waals surface area contributed by atoms with Gasteiger partial charge in [0.1, 0.15) is 0 Å². The van der Waals surface area contributed by atoms with Crippen LogP contribution < -0.4 is 5.73 Å². The summed E-state index contributed by atoms with van der Waals surface area (Å²) in [5.41, 5.74) is 5.60. The quantitative estimate of drug-likeness (QED) is 0.497. The summed E-state index contributed by atoms with van der Waals surface area (Å²) in [4.78, 5) is 0. The highest BCUT2D eigenvalue weighted by atomic mass is 16.3. The highest BCUT2D eigenvalue weighted by Crippen LogP contribution is 2.15. The molecule has 2 atom stereocenters. The van der Waals surface area contributed by atoms with Crippen molar-refractivity contribution in [3.8, 4) is 0 Å². The first kappa shape index (κ1) is 6.78. The highest BCUT2D eigenvalue weighted by Gasteiger charge is 2.12. The lowest BCUT2D eigenvalue weighted by molar-refractivity contribution is 0.213. The van der Waals surface area contributed by atoms with Crippen LogP contribution >= 0.6 is 0 Å². The van der Waals surface area contributed by atoms with Crippen molar-refractivity contribution < 1.29 is 5.11 Å². The van der Waals surface area contributed by atoms with E-state index in [-0.39, 0.29) is 12.6 Å². The number of rotatable bonds is 1. The molecule has 2 unspecified atom stereocenters. The molecule has 0 amide bonds. The Labute approximate surface area is 55.4 Å². The van der Waals surface area contributed by atoms with Crippen LogP contribution in [0.3, 0.4) is 0 Å². The molecule has 0 aromatic rings. The highest BCUT2D eigenvalue weighted by molar-refractivity contribution is 4.98. The lowest BCUT2D eigenvalue weighted by Gasteiger charge is -2.19. The van der Waals surface area contributed by atoms with Crippen molar-refractivity contribution in [2.24, 2.45) is 11.7 Å². The van der Waals surface area contributed by atoms with Crippen LogP contribution in [0.25, 0.3) is 0 Å². The van der Waals surface area contributed by atoms with Crippen molar-refractivity contribution in [1.82, 2.24) is 0 Å². The lowest BCUT2D eigenvalue weighted by atomic mass is 9.92. The molecule has 1 aliphatic rings. The molecule has 0 saturated carbocycles. The zero-order chi connectivity index (χ0) is 6.69. The minimum atomic E-state index is 0.177. The summed E-state index contributed by atoms with van der Waals surface area (Å²) in [5.74, 6) is 0.407. The molecule has 1 rings (SSSR count). The molecule has 0 aromatic carbocycles. The fourth-order valence-corrected chi connectivity index (χ4v) is 1.15. The smallest absolute Gasteiger partial charge is 0.0462 e. The van der Waals surface area contributed by atoms with E-state index >= 15 is 0 Å². The predicted octanol–water partition coefficient (Wildman–Crippen LogP) is 0.272. The van der Waals surface area contributed by atoms with E-state index in [4.69, 9.17) is 10.8 Å². The summed E-state index contributed by atoms with van der Waals surface area (Å²) in [5, 5.41) is 8.72.